The van der Waals surface area contributed by atoms with E-state index in [0.717, 1.165) is 89.9 Å². The number of hydrogen-bond acceptors (Lipinski definition) is 6. The van der Waals surface area contributed by atoms with Gasteiger partial charge < -0.3 is 14.2 Å². The maximum atomic E-state index is 12.9. The first-order chi connectivity index (χ1) is 39.0. The van der Waals surface area contributed by atoms with Crippen LogP contribution >= 0.6 is 0 Å². The van der Waals surface area contributed by atoms with Crippen LogP contribution in [0.25, 0.3) is 0 Å². The summed E-state index contributed by atoms with van der Waals surface area (Å²) >= 11 is 0. The van der Waals surface area contributed by atoms with Gasteiger partial charge in [0.25, 0.3) is 0 Å². The van der Waals surface area contributed by atoms with Crippen molar-refractivity contribution in [3.63, 3.8) is 0 Å². The van der Waals surface area contributed by atoms with E-state index in [-0.39, 0.29) is 31.1 Å². The molecule has 0 rings (SSSR count). The van der Waals surface area contributed by atoms with E-state index < -0.39 is 6.10 Å². The lowest BCUT2D eigenvalue weighted by molar-refractivity contribution is -0.167. The van der Waals surface area contributed by atoms with Gasteiger partial charge in [-0.05, 0) is 109 Å². The van der Waals surface area contributed by atoms with Crippen LogP contribution in [0, 0.1) is 0 Å². The second-order valence-electron chi connectivity index (χ2n) is 23.1. The molecule has 79 heavy (non-hydrogen) atoms. The van der Waals surface area contributed by atoms with Gasteiger partial charge in [-0.25, -0.2) is 0 Å². The van der Waals surface area contributed by atoms with Gasteiger partial charge in [-0.1, -0.05) is 299 Å². The van der Waals surface area contributed by atoms with Crippen LogP contribution in [0.1, 0.15) is 355 Å². The van der Waals surface area contributed by atoms with Gasteiger partial charge in [0.1, 0.15) is 13.2 Å². The number of rotatable bonds is 63. The summed E-state index contributed by atoms with van der Waals surface area (Å²) in [6.45, 7) is 6.59. The van der Waals surface area contributed by atoms with Crippen molar-refractivity contribution < 1.29 is 28.6 Å². The van der Waals surface area contributed by atoms with Gasteiger partial charge in [0.05, 0.1) is 0 Å². The molecule has 6 heteroatoms. The summed E-state index contributed by atoms with van der Waals surface area (Å²) in [6.07, 6.45) is 87.9. The summed E-state index contributed by atoms with van der Waals surface area (Å²) in [5, 5.41) is 0. The Hall–Kier alpha value is -3.15. The molecular formula is C73H130O6. The molecular weight excluding hydrogens is 973 g/mol. The molecule has 0 fully saturated rings. The SMILES string of the molecule is CCCC/C=C\CCCCCCCC(=O)OCC(COC(=O)CCCCCCCCCCCCCCCCCCCC/C=C\C/C=C\C/C=C\CCCCCCC)OC(=O)CCCCCCCCC/C=C\C/C=C\CCCCC. The molecule has 0 amide bonds. The Morgan fingerprint density at radius 1 is 0.253 bits per heavy atom. The fourth-order valence-corrected chi connectivity index (χ4v) is 9.93. The van der Waals surface area contributed by atoms with E-state index >= 15 is 0 Å². The van der Waals surface area contributed by atoms with Crippen molar-refractivity contribution >= 4 is 17.9 Å². The average molecular weight is 1100 g/mol. The predicted octanol–water partition coefficient (Wildman–Crippen LogP) is 23.7. The number of esters is 3. The van der Waals surface area contributed by atoms with Crippen molar-refractivity contribution in [2.75, 3.05) is 13.2 Å². The summed E-state index contributed by atoms with van der Waals surface area (Å²) in [4.78, 5) is 38.3. The molecule has 0 radical (unpaired) electrons. The number of carbonyl (C=O) groups excluding carboxylic acids is 3. The summed E-state index contributed by atoms with van der Waals surface area (Å²) in [5.74, 6) is -0.880. The molecule has 0 saturated carbocycles. The molecule has 1 atom stereocenters. The topological polar surface area (TPSA) is 78.9 Å². The van der Waals surface area contributed by atoms with Crippen LogP contribution in [0.4, 0.5) is 0 Å². The lowest BCUT2D eigenvalue weighted by Crippen LogP contribution is -2.30. The van der Waals surface area contributed by atoms with Crippen LogP contribution in [0.2, 0.25) is 0 Å². The predicted molar refractivity (Wildman–Crippen MR) is 344 cm³/mol. The first kappa shape index (κ1) is 75.8. The van der Waals surface area contributed by atoms with E-state index in [9.17, 15) is 14.4 Å². The molecule has 0 heterocycles. The average Bonchev–Trinajstić information content (AvgIpc) is 3.45. The smallest absolute Gasteiger partial charge is 0.306 e. The van der Waals surface area contributed by atoms with Gasteiger partial charge in [-0.15, -0.1) is 0 Å². The third kappa shape index (κ3) is 65.5. The highest BCUT2D eigenvalue weighted by molar-refractivity contribution is 5.71. The monoisotopic (exact) mass is 1100 g/mol. The summed E-state index contributed by atoms with van der Waals surface area (Å²) < 4.78 is 16.9. The Balaban J connectivity index is 4.12. The van der Waals surface area contributed by atoms with Crippen molar-refractivity contribution in [3.05, 3.63) is 72.9 Å². The molecule has 0 bridgehead atoms. The molecule has 0 saturated heterocycles. The minimum absolute atomic E-state index is 0.0781. The van der Waals surface area contributed by atoms with E-state index in [1.165, 1.54) is 225 Å². The number of allylic oxidation sites excluding steroid dienone is 12. The molecule has 0 aliphatic carbocycles. The minimum atomic E-state index is -0.782. The Morgan fingerprint density at radius 2 is 0.468 bits per heavy atom. The maximum Gasteiger partial charge on any atom is 0.306 e. The zero-order valence-electron chi connectivity index (χ0n) is 52.6. The van der Waals surface area contributed by atoms with E-state index in [1.54, 1.807) is 0 Å². The quantitative estimate of drug-likeness (QED) is 0.0261. The summed E-state index contributed by atoms with van der Waals surface area (Å²) in [7, 11) is 0. The van der Waals surface area contributed by atoms with E-state index in [0.29, 0.717) is 19.3 Å². The molecule has 0 aromatic rings. The molecule has 0 N–H and O–H groups in total. The van der Waals surface area contributed by atoms with E-state index in [2.05, 4.69) is 93.7 Å². The van der Waals surface area contributed by atoms with Crippen LogP contribution in [-0.4, -0.2) is 37.2 Å². The Kier molecular flexibility index (Phi) is 64.7. The second-order valence-corrected chi connectivity index (χ2v) is 23.1. The van der Waals surface area contributed by atoms with E-state index in [1.807, 2.05) is 0 Å². The van der Waals surface area contributed by atoms with Crippen LogP contribution < -0.4 is 0 Å². The standard InChI is InChI=1S/C73H130O6/c1-4-7-10-13-16-19-22-24-26-28-29-30-31-32-33-34-35-36-37-38-39-40-41-42-43-45-46-48-51-54-57-60-63-66-72(75)78-69-70(68-77-71(74)65-62-59-56-53-50-21-18-15-12-9-6-3)79-73(76)67-64-61-58-55-52-49-47-44-27-25-23-20-17-14-11-8-5-2/h15,17-18,20,22,24-25,27-29,31-32,70H,4-14,16,19,21,23,26,30,33-69H2,1-3H3/b18-15-,20-17-,24-22-,27-25-,29-28-,32-31-. The van der Waals surface area contributed by atoms with Gasteiger partial charge in [-0.2, -0.15) is 0 Å². The van der Waals surface area contributed by atoms with Crippen molar-refractivity contribution in [2.24, 2.45) is 0 Å². The lowest BCUT2D eigenvalue weighted by Gasteiger charge is -2.18. The molecule has 0 aliphatic heterocycles. The highest BCUT2D eigenvalue weighted by Crippen LogP contribution is 2.17. The zero-order valence-corrected chi connectivity index (χ0v) is 52.6. The molecule has 458 valence electrons. The Bertz CT molecular complexity index is 1450. The van der Waals surface area contributed by atoms with Crippen molar-refractivity contribution in [3.8, 4) is 0 Å². The van der Waals surface area contributed by atoms with Gasteiger partial charge in [0, 0.05) is 19.3 Å². The van der Waals surface area contributed by atoms with Gasteiger partial charge >= 0.3 is 17.9 Å². The number of unbranched alkanes of at least 4 members (excludes halogenated alkanes) is 40. The largest absolute Gasteiger partial charge is 0.462 e. The number of ether oxygens (including phenoxy) is 3. The molecule has 0 aliphatic rings. The number of hydrogen-bond donors (Lipinski definition) is 0. The van der Waals surface area contributed by atoms with Crippen LogP contribution in [0.3, 0.4) is 0 Å². The zero-order chi connectivity index (χ0) is 57.1. The first-order valence-electron chi connectivity index (χ1n) is 34.4. The van der Waals surface area contributed by atoms with E-state index in [4.69, 9.17) is 14.2 Å². The maximum absolute atomic E-state index is 12.9. The van der Waals surface area contributed by atoms with Crippen LogP contribution in [0.15, 0.2) is 72.9 Å². The number of carbonyl (C=O) groups is 3. The lowest BCUT2D eigenvalue weighted by atomic mass is 10.0. The Morgan fingerprint density at radius 3 is 0.785 bits per heavy atom. The second kappa shape index (κ2) is 67.4. The highest BCUT2D eigenvalue weighted by Gasteiger charge is 2.19. The fraction of sp³-hybridized carbons (Fsp3) is 0.795. The van der Waals surface area contributed by atoms with Crippen LogP contribution in [0.5, 0.6) is 0 Å². The normalized spacial score (nSPS) is 12.5. The summed E-state index contributed by atoms with van der Waals surface area (Å²) in [6, 6.07) is 0. The molecule has 0 spiro atoms. The fourth-order valence-electron chi connectivity index (χ4n) is 9.93. The highest BCUT2D eigenvalue weighted by atomic mass is 16.6. The molecule has 6 nitrogen and oxygen atoms in total. The molecule has 0 aromatic heterocycles. The van der Waals surface area contributed by atoms with Crippen molar-refractivity contribution in [2.45, 2.75) is 361 Å². The van der Waals surface area contributed by atoms with Gasteiger partial charge in [0.15, 0.2) is 6.10 Å². The molecule has 0 aromatic carbocycles. The van der Waals surface area contributed by atoms with Gasteiger partial charge in [0.2, 0.25) is 0 Å². The third-order valence-electron chi connectivity index (χ3n) is 15.2. The summed E-state index contributed by atoms with van der Waals surface area (Å²) in [5.41, 5.74) is 0. The minimum Gasteiger partial charge on any atom is -0.462 e. The first-order valence-corrected chi connectivity index (χ1v) is 34.4. The molecule has 1 unspecified atom stereocenters. The van der Waals surface area contributed by atoms with Crippen molar-refractivity contribution in [1.29, 1.82) is 0 Å². The van der Waals surface area contributed by atoms with Crippen LogP contribution in [-0.2, 0) is 28.6 Å². The van der Waals surface area contributed by atoms with Gasteiger partial charge in [-0.3, -0.25) is 14.4 Å². The van der Waals surface area contributed by atoms with Crippen molar-refractivity contribution in [1.82, 2.24) is 0 Å². The third-order valence-corrected chi connectivity index (χ3v) is 15.2. The Labute approximate surface area is 491 Å².